The molecule has 1 saturated carbocycles. The second-order valence-corrected chi connectivity index (χ2v) is 5.97. The quantitative estimate of drug-likeness (QED) is 0.893. The molecule has 0 radical (unpaired) electrons. The Bertz CT molecular complexity index is 425. The molecule has 1 aromatic rings. The van der Waals surface area contributed by atoms with E-state index in [0.717, 1.165) is 12.1 Å². The van der Waals surface area contributed by atoms with E-state index in [0.29, 0.717) is 29.3 Å². The van der Waals surface area contributed by atoms with E-state index in [4.69, 9.17) is 17.3 Å². The molecule has 19 heavy (non-hydrogen) atoms. The van der Waals surface area contributed by atoms with E-state index in [2.05, 4.69) is 11.9 Å². The Kier molecular flexibility index (Phi) is 5.08. The van der Waals surface area contributed by atoms with E-state index in [-0.39, 0.29) is 0 Å². The van der Waals surface area contributed by atoms with E-state index < -0.39 is 0 Å². The highest BCUT2D eigenvalue weighted by molar-refractivity contribution is 6.30. The summed E-state index contributed by atoms with van der Waals surface area (Å²) in [6.07, 6.45) is 4.97. The van der Waals surface area contributed by atoms with Crippen molar-refractivity contribution in [3.05, 3.63) is 28.8 Å². The molecular formula is C15H23ClN2O. The number of phenols is 1. The third-order valence-corrected chi connectivity index (χ3v) is 4.43. The molecule has 106 valence electrons. The maximum Gasteiger partial charge on any atom is 0.120 e. The Morgan fingerprint density at radius 2 is 2.11 bits per heavy atom. The summed E-state index contributed by atoms with van der Waals surface area (Å²) in [5.74, 6) is 0.886. The van der Waals surface area contributed by atoms with E-state index in [1.54, 1.807) is 12.1 Å². The number of benzene rings is 1. The molecule has 0 aliphatic heterocycles. The van der Waals surface area contributed by atoms with Gasteiger partial charge in [-0.3, -0.25) is 4.90 Å². The van der Waals surface area contributed by atoms with Crippen LogP contribution in [0.1, 0.15) is 31.2 Å². The molecule has 1 aliphatic rings. The molecule has 2 atom stereocenters. The first kappa shape index (κ1) is 14.6. The van der Waals surface area contributed by atoms with Gasteiger partial charge in [0.25, 0.3) is 0 Å². The van der Waals surface area contributed by atoms with Gasteiger partial charge in [-0.25, -0.2) is 0 Å². The van der Waals surface area contributed by atoms with Crippen LogP contribution in [0.5, 0.6) is 5.75 Å². The standard InChI is InChI=1S/C15H23ClN2O/c1-18(14-5-3-2-4-11(14)9-17)10-12-8-13(16)6-7-15(12)19/h6-8,11,14,19H,2-5,9-10,17H2,1H3. The minimum absolute atomic E-state index is 0.316. The van der Waals surface area contributed by atoms with Gasteiger partial charge in [-0.15, -0.1) is 0 Å². The molecule has 2 unspecified atom stereocenters. The molecule has 1 fully saturated rings. The van der Waals surface area contributed by atoms with Crippen molar-refractivity contribution in [2.45, 2.75) is 38.3 Å². The maximum absolute atomic E-state index is 9.90. The highest BCUT2D eigenvalue weighted by Crippen LogP contribution is 2.30. The first-order valence-electron chi connectivity index (χ1n) is 6.99. The lowest BCUT2D eigenvalue weighted by molar-refractivity contribution is 0.126. The Morgan fingerprint density at radius 1 is 1.37 bits per heavy atom. The zero-order chi connectivity index (χ0) is 13.8. The van der Waals surface area contributed by atoms with Crippen LogP contribution in [0.3, 0.4) is 0 Å². The molecule has 0 spiro atoms. The highest BCUT2D eigenvalue weighted by Gasteiger charge is 2.27. The molecule has 4 heteroatoms. The SMILES string of the molecule is CN(Cc1cc(Cl)ccc1O)C1CCCCC1CN. The Morgan fingerprint density at radius 3 is 2.84 bits per heavy atom. The number of hydrogen-bond acceptors (Lipinski definition) is 3. The van der Waals surface area contributed by atoms with Crippen molar-refractivity contribution in [3.63, 3.8) is 0 Å². The summed E-state index contributed by atoms with van der Waals surface area (Å²) in [7, 11) is 2.11. The van der Waals surface area contributed by atoms with Crippen molar-refractivity contribution < 1.29 is 5.11 Å². The molecule has 3 nitrogen and oxygen atoms in total. The third-order valence-electron chi connectivity index (χ3n) is 4.20. The summed E-state index contributed by atoms with van der Waals surface area (Å²) in [5, 5.41) is 10.6. The topological polar surface area (TPSA) is 49.5 Å². The summed E-state index contributed by atoms with van der Waals surface area (Å²) in [4.78, 5) is 2.31. The highest BCUT2D eigenvalue weighted by atomic mass is 35.5. The second-order valence-electron chi connectivity index (χ2n) is 5.54. The predicted octanol–water partition coefficient (Wildman–Crippen LogP) is 2.99. The van der Waals surface area contributed by atoms with Crippen LogP contribution in [0, 0.1) is 5.92 Å². The van der Waals surface area contributed by atoms with Gasteiger partial charge in [0.05, 0.1) is 0 Å². The fraction of sp³-hybridized carbons (Fsp3) is 0.600. The smallest absolute Gasteiger partial charge is 0.120 e. The minimum Gasteiger partial charge on any atom is -0.508 e. The van der Waals surface area contributed by atoms with E-state index in [1.807, 2.05) is 6.07 Å². The largest absolute Gasteiger partial charge is 0.508 e. The molecule has 3 N–H and O–H groups in total. The molecule has 2 rings (SSSR count). The molecule has 0 heterocycles. The van der Waals surface area contributed by atoms with Gasteiger partial charge in [-0.2, -0.15) is 0 Å². The predicted molar refractivity (Wildman–Crippen MR) is 79.4 cm³/mol. The summed E-state index contributed by atoms with van der Waals surface area (Å²) >= 11 is 5.99. The van der Waals surface area contributed by atoms with E-state index in [9.17, 15) is 5.11 Å². The summed E-state index contributed by atoms with van der Waals surface area (Å²) in [6, 6.07) is 5.72. The van der Waals surface area contributed by atoms with Crippen molar-refractivity contribution in [1.29, 1.82) is 0 Å². The molecule has 0 bridgehead atoms. The first-order valence-corrected chi connectivity index (χ1v) is 7.37. The monoisotopic (exact) mass is 282 g/mol. The van der Waals surface area contributed by atoms with Crippen molar-refractivity contribution >= 4 is 11.6 Å². The zero-order valence-corrected chi connectivity index (χ0v) is 12.2. The van der Waals surface area contributed by atoms with Gasteiger partial charge in [0.15, 0.2) is 0 Å². The van der Waals surface area contributed by atoms with Crippen molar-refractivity contribution in [3.8, 4) is 5.75 Å². The molecule has 1 aromatic carbocycles. The normalized spacial score (nSPS) is 23.8. The van der Waals surface area contributed by atoms with Gasteiger partial charge in [-0.05, 0) is 50.6 Å². The summed E-state index contributed by atoms with van der Waals surface area (Å²) < 4.78 is 0. The average molecular weight is 283 g/mol. The molecule has 0 saturated heterocycles. The number of rotatable bonds is 4. The van der Waals surface area contributed by atoms with Crippen molar-refractivity contribution in [2.24, 2.45) is 11.7 Å². The fourth-order valence-corrected chi connectivity index (χ4v) is 3.30. The molecule has 1 aliphatic carbocycles. The second kappa shape index (κ2) is 6.60. The van der Waals surface area contributed by atoms with Gasteiger partial charge in [0.2, 0.25) is 0 Å². The average Bonchev–Trinajstić information content (AvgIpc) is 2.42. The van der Waals surface area contributed by atoms with Gasteiger partial charge < -0.3 is 10.8 Å². The van der Waals surface area contributed by atoms with Gasteiger partial charge in [-0.1, -0.05) is 24.4 Å². The maximum atomic E-state index is 9.90. The van der Waals surface area contributed by atoms with Crippen LogP contribution in [0.4, 0.5) is 0 Å². The van der Waals surface area contributed by atoms with Gasteiger partial charge in [0.1, 0.15) is 5.75 Å². The van der Waals surface area contributed by atoms with E-state index in [1.165, 1.54) is 25.7 Å². The van der Waals surface area contributed by atoms with Crippen molar-refractivity contribution in [1.82, 2.24) is 4.90 Å². The fourth-order valence-electron chi connectivity index (χ4n) is 3.11. The van der Waals surface area contributed by atoms with Crippen LogP contribution in [-0.2, 0) is 6.54 Å². The van der Waals surface area contributed by atoms with Crippen LogP contribution in [0.15, 0.2) is 18.2 Å². The van der Waals surface area contributed by atoms with Crippen molar-refractivity contribution in [2.75, 3.05) is 13.6 Å². The van der Waals surface area contributed by atoms with Crippen LogP contribution in [-0.4, -0.2) is 29.6 Å². The minimum atomic E-state index is 0.316. The van der Waals surface area contributed by atoms with Gasteiger partial charge >= 0.3 is 0 Å². The zero-order valence-electron chi connectivity index (χ0n) is 11.5. The van der Waals surface area contributed by atoms with Crippen LogP contribution >= 0.6 is 11.6 Å². The van der Waals surface area contributed by atoms with Crippen LogP contribution in [0.2, 0.25) is 5.02 Å². The third kappa shape index (κ3) is 3.62. The lowest BCUT2D eigenvalue weighted by Crippen LogP contribution is -2.42. The Balaban J connectivity index is 2.06. The lowest BCUT2D eigenvalue weighted by Gasteiger charge is -2.37. The Hall–Kier alpha value is -0.770. The first-order chi connectivity index (χ1) is 9.11. The number of halogens is 1. The van der Waals surface area contributed by atoms with Gasteiger partial charge in [0, 0.05) is 23.2 Å². The van der Waals surface area contributed by atoms with E-state index >= 15 is 0 Å². The molecular weight excluding hydrogens is 260 g/mol. The van der Waals surface area contributed by atoms with Crippen LogP contribution in [0.25, 0.3) is 0 Å². The number of hydrogen-bond donors (Lipinski definition) is 2. The van der Waals surface area contributed by atoms with Crippen LogP contribution < -0.4 is 5.73 Å². The number of phenolic OH excluding ortho intramolecular Hbond substituents is 1. The number of nitrogens with two attached hydrogens (primary N) is 1. The lowest BCUT2D eigenvalue weighted by atomic mass is 9.83. The Labute approximate surface area is 120 Å². The molecule has 0 amide bonds. The summed E-state index contributed by atoms with van der Waals surface area (Å²) in [6.45, 7) is 1.46. The summed E-state index contributed by atoms with van der Waals surface area (Å²) in [5.41, 5.74) is 6.77. The number of nitrogens with zero attached hydrogens (tertiary/aromatic N) is 1. The molecule has 0 aromatic heterocycles. The number of aromatic hydroxyl groups is 1.